The molecule has 3 rings (SSSR count). The first-order valence-electron chi connectivity index (χ1n) is 7.04. The quantitative estimate of drug-likeness (QED) is 0.908. The van der Waals surface area contributed by atoms with Crippen LogP contribution in [0.15, 0.2) is 18.2 Å². The van der Waals surface area contributed by atoms with Gasteiger partial charge in [0.15, 0.2) is 5.82 Å². The van der Waals surface area contributed by atoms with Crippen molar-refractivity contribution in [2.45, 2.75) is 39.5 Å². The third-order valence-corrected chi connectivity index (χ3v) is 3.91. The highest BCUT2D eigenvalue weighted by atomic mass is 15.4. The minimum Gasteiger partial charge on any atom is -0.276 e. The van der Waals surface area contributed by atoms with Crippen LogP contribution in [0.3, 0.4) is 0 Å². The van der Waals surface area contributed by atoms with Crippen LogP contribution in [0.4, 0.5) is 5.82 Å². The summed E-state index contributed by atoms with van der Waals surface area (Å²) in [5, 5.41) is 9.35. The van der Waals surface area contributed by atoms with E-state index in [1.807, 2.05) is 36.7 Å². The fourth-order valence-electron chi connectivity index (χ4n) is 2.75. The molecule has 1 N–H and O–H groups in total. The molecule has 0 spiro atoms. The van der Waals surface area contributed by atoms with Crippen LogP contribution < -0.4 is 5.43 Å². The van der Waals surface area contributed by atoms with Crippen molar-refractivity contribution in [2.75, 3.05) is 5.43 Å². The van der Waals surface area contributed by atoms with E-state index in [4.69, 9.17) is 0 Å². The molecule has 2 heterocycles. The zero-order valence-electron chi connectivity index (χ0n) is 11.9. The van der Waals surface area contributed by atoms with Crippen molar-refractivity contribution in [3.05, 3.63) is 46.4 Å². The van der Waals surface area contributed by atoms with Crippen molar-refractivity contribution < 1.29 is 0 Å². The number of anilines is 1. The molecule has 0 saturated heterocycles. The summed E-state index contributed by atoms with van der Waals surface area (Å²) in [4.78, 5) is 4.69. The highest BCUT2D eigenvalue weighted by Crippen LogP contribution is 2.24. The van der Waals surface area contributed by atoms with E-state index in [0.29, 0.717) is 11.4 Å². The molecular formula is C16H18N4. The number of aryl methyl sites for hydroxylation is 4. The van der Waals surface area contributed by atoms with E-state index in [-0.39, 0.29) is 0 Å². The number of fused-ring (bicyclic) bond motifs is 1. The Morgan fingerprint density at radius 2 is 1.90 bits per heavy atom. The summed E-state index contributed by atoms with van der Waals surface area (Å²) in [6.45, 7) is 4.06. The molecule has 2 aromatic heterocycles. The first-order chi connectivity index (χ1) is 9.69. The molecule has 0 saturated carbocycles. The summed E-state index contributed by atoms with van der Waals surface area (Å²) < 4.78 is 1.97. The third-order valence-electron chi connectivity index (χ3n) is 3.91. The molecule has 0 unspecified atom stereocenters. The predicted molar refractivity (Wildman–Crippen MR) is 78.5 cm³/mol. The van der Waals surface area contributed by atoms with Crippen molar-refractivity contribution >= 4 is 5.82 Å². The minimum atomic E-state index is 0.623. The van der Waals surface area contributed by atoms with Gasteiger partial charge in [0.1, 0.15) is 6.07 Å². The van der Waals surface area contributed by atoms with Crippen LogP contribution in [0.5, 0.6) is 0 Å². The van der Waals surface area contributed by atoms with Gasteiger partial charge in [-0.3, -0.25) is 10.1 Å². The molecule has 20 heavy (non-hydrogen) atoms. The second kappa shape index (κ2) is 5.01. The molecule has 4 heteroatoms. The van der Waals surface area contributed by atoms with E-state index >= 15 is 0 Å². The maximum Gasteiger partial charge on any atom is 0.163 e. The number of rotatable bonds is 2. The average molecular weight is 266 g/mol. The molecule has 1 aliphatic carbocycles. The van der Waals surface area contributed by atoms with Gasteiger partial charge in [0.25, 0.3) is 0 Å². The Balaban J connectivity index is 2.03. The lowest BCUT2D eigenvalue weighted by Gasteiger charge is -2.19. The smallest absolute Gasteiger partial charge is 0.163 e. The van der Waals surface area contributed by atoms with Gasteiger partial charge in [0.2, 0.25) is 0 Å². The molecule has 0 atom stereocenters. The van der Waals surface area contributed by atoms with Crippen molar-refractivity contribution in [1.82, 2.24) is 9.66 Å². The largest absolute Gasteiger partial charge is 0.276 e. The number of aromatic nitrogens is 2. The fourth-order valence-corrected chi connectivity index (χ4v) is 2.75. The normalized spacial score (nSPS) is 13.7. The maximum atomic E-state index is 9.35. The molecular weight excluding hydrogens is 248 g/mol. The van der Waals surface area contributed by atoms with Gasteiger partial charge in [-0.15, -0.1) is 0 Å². The lowest BCUT2D eigenvalue weighted by atomic mass is 9.95. The van der Waals surface area contributed by atoms with Gasteiger partial charge in [-0.25, -0.2) is 4.98 Å². The van der Waals surface area contributed by atoms with E-state index in [9.17, 15) is 5.26 Å². The number of nitrogens with one attached hydrogen (secondary N) is 1. The summed E-state index contributed by atoms with van der Waals surface area (Å²) in [5.74, 6) is 0.663. The van der Waals surface area contributed by atoms with Crippen LogP contribution in [0.2, 0.25) is 0 Å². The van der Waals surface area contributed by atoms with Gasteiger partial charge in [-0.2, -0.15) is 5.26 Å². The lowest BCUT2D eigenvalue weighted by molar-refractivity contribution is 0.667. The van der Waals surface area contributed by atoms with Gasteiger partial charge in [0.05, 0.1) is 5.56 Å². The monoisotopic (exact) mass is 266 g/mol. The molecule has 0 fully saturated rings. The highest BCUT2D eigenvalue weighted by molar-refractivity contribution is 5.55. The Bertz CT molecular complexity index is 672. The van der Waals surface area contributed by atoms with Crippen molar-refractivity contribution in [2.24, 2.45) is 0 Å². The first-order valence-corrected chi connectivity index (χ1v) is 7.04. The standard InChI is InChI=1S/C16H18N4/c1-11-7-8-12(2)20(11)19-16-14(10-17)9-13-5-3-4-6-15(13)18-16/h7-9H,3-6H2,1-2H3,(H,18,19). The van der Waals surface area contributed by atoms with E-state index in [1.165, 1.54) is 18.4 Å². The second-order valence-electron chi connectivity index (χ2n) is 5.37. The first kappa shape index (κ1) is 12.7. The number of pyridine rings is 1. The van der Waals surface area contributed by atoms with Crippen LogP contribution in [0, 0.1) is 25.2 Å². The number of hydrogen-bond acceptors (Lipinski definition) is 3. The van der Waals surface area contributed by atoms with E-state index in [0.717, 1.165) is 29.9 Å². The minimum absolute atomic E-state index is 0.623. The summed E-state index contributed by atoms with van der Waals surface area (Å²) >= 11 is 0. The van der Waals surface area contributed by atoms with Crippen molar-refractivity contribution in [3.8, 4) is 6.07 Å². The summed E-state index contributed by atoms with van der Waals surface area (Å²) in [5.41, 5.74) is 8.48. The summed E-state index contributed by atoms with van der Waals surface area (Å²) in [6, 6.07) is 8.35. The Morgan fingerprint density at radius 1 is 1.20 bits per heavy atom. The van der Waals surface area contributed by atoms with E-state index in [1.54, 1.807) is 0 Å². The topological polar surface area (TPSA) is 53.6 Å². The van der Waals surface area contributed by atoms with Crippen LogP contribution in [0.1, 0.15) is 41.1 Å². The fraction of sp³-hybridized carbons (Fsp3) is 0.375. The van der Waals surface area contributed by atoms with E-state index in [2.05, 4.69) is 16.5 Å². The molecule has 1 aliphatic rings. The number of hydrogen-bond donors (Lipinski definition) is 1. The lowest BCUT2D eigenvalue weighted by Crippen LogP contribution is -2.16. The molecule has 0 radical (unpaired) electrons. The van der Waals surface area contributed by atoms with Crippen LogP contribution in [0.25, 0.3) is 0 Å². The van der Waals surface area contributed by atoms with Crippen molar-refractivity contribution in [1.29, 1.82) is 5.26 Å². The van der Waals surface area contributed by atoms with Crippen molar-refractivity contribution in [3.63, 3.8) is 0 Å². The molecule has 0 aromatic carbocycles. The maximum absolute atomic E-state index is 9.35. The van der Waals surface area contributed by atoms with Gasteiger partial charge in [-0.1, -0.05) is 0 Å². The molecule has 2 aromatic rings. The summed E-state index contributed by atoms with van der Waals surface area (Å²) in [7, 11) is 0. The Hall–Kier alpha value is -2.28. The SMILES string of the molecule is Cc1ccc(C)n1Nc1nc2c(cc1C#N)CCCC2. The predicted octanol–water partition coefficient (Wildman–Crippen LogP) is 3.13. The Morgan fingerprint density at radius 3 is 2.60 bits per heavy atom. The highest BCUT2D eigenvalue weighted by Gasteiger charge is 2.15. The van der Waals surface area contributed by atoms with Crippen LogP contribution >= 0.6 is 0 Å². The van der Waals surface area contributed by atoms with Gasteiger partial charge >= 0.3 is 0 Å². The number of nitrogens with zero attached hydrogens (tertiary/aromatic N) is 3. The van der Waals surface area contributed by atoms with E-state index < -0.39 is 0 Å². The van der Waals surface area contributed by atoms with Gasteiger partial charge in [0, 0.05) is 17.1 Å². The molecule has 0 aliphatic heterocycles. The van der Waals surface area contributed by atoms with Gasteiger partial charge < -0.3 is 0 Å². The van der Waals surface area contributed by atoms with Gasteiger partial charge in [-0.05, 0) is 63.3 Å². The van der Waals surface area contributed by atoms with Crippen LogP contribution in [-0.2, 0) is 12.8 Å². The zero-order chi connectivity index (χ0) is 14.1. The third kappa shape index (κ3) is 2.16. The number of nitriles is 1. The molecule has 0 amide bonds. The molecule has 4 nitrogen and oxygen atoms in total. The molecule has 0 bridgehead atoms. The summed E-state index contributed by atoms with van der Waals surface area (Å²) in [6.07, 6.45) is 4.44. The Kier molecular flexibility index (Phi) is 3.19. The Labute approximate surface area is 119 Å². The average Bonchev–Trinajstić information content (AvgIpc) is 2.78. The van der Waals surface area contributed by atoms with Crippen LogP contribution in [-0.4, -0.2) is 9.66 Å². The zero-order valence-corrected chi connectivity index (χ0v) is 11.9. The second-order valence-corrected chi connectivity index (χ2v) is 5.37. The molecule has 102 valence electrons.